The van der Waals surface area contributed by atoms with Crippen LogP contribution in [0.4, 0.5) is 0 Å². The summed E-state index contributed by atoms with van der Waals surface area (Å²) in [7, 11) is 1.65. The number of fused-ring (bicyclic) bond motifs is 1. The van der Waals surface area contributed by atoms with Crippen molar-refractivity contribution in [3.8, 4) is 11.6 Å². The van der Waals surface area contributed by atoms with Crippen LogP contribution in [-0.4, -0.2) is 29.4 Å². The van der Waals surface area contributed by atoms with E-state index < -0.39 is 0 Å². The highest BCUT2D eigenvalue weighted by Crippen LogP contribution is 2.37. The average Bonchev–Trinajstić information content (AvgIpc) is 3.00. The van der Waals surface area contributed by atoms with Gasteiger partial charge in [-0.1, -0.05) is 6.08 Å². The van der Waals surface area contributed by atoms with Crippen LogP contribution in [0, 0.1) is 0 Å². The Morgan fingerprint density at radius 1 is 1.25 bits per heavy atom. The fraction of sp³-hybridized carbons (Fsp3) is 0.333. The van der Waals surface area contributed by atoms with Crippen molar-refractivity contribution in [2.45, 2.75) is 13.3 Å². The van der Waals surface area contributed by atoms with Crippen LogP contribution in [0.3, 0.4) is 0 Å². The SMILES string of the molecule is CCOc1nc2cc(OC)ccc2nc1C1=CCCS1. The largest absolute Gasteiger partial charge is 0.497 e. The first-order chi connectivity index (χ1) is 9.81. The monoisotopic (exact) mass is 288 g/mol. The van der Waals surface area contributed by atoms with Gasteiger partial charge >= 0.3 is 0 Å². The molecule has 0 saturated heterocycles. The third kappa shape index (κ3) is 2.45. The molecule has 0 radical (unpaired) electrons. The summed E-state index contributed by atoms with van der Waals surface area (Å²) >= 11 is 1.81. The fourth-order valence-electron chi connectivity index (χ4n) is 2.13. The number of thioether (sulfide) groups is 1. The molecule has 0 unspecified atom stereocenters. The lowest BCUT2D eigenvalue weighted by Gasteiger charge is -2.10. The number of aromatic nitrogens is 2. The summed E-state index contributed by atoms with van der Waals surface area (Å²) in [5, 5.41) is 0. The number of benzene rings is 1. The molecular formula is C15H16N2O2S. The molecule has 0 spiro atoms. The first kappa shape index (κ1) is 13.2. The number of allylic oxidation sites excluding steroid dienone is 1. The van der Waals surface area contributed by atoms with E-state index in [9.17, 15) is 0 Å². The zero-order valence-corrected chi connectivity index (χ0v) is 12.4. The van der Waals surface area contributed by atoms with E-state index in [0.717, 1.165) is 34.7 Å². The molecule has 3 rings (SSSR count). The molecule has 4 nitrogen and oxygen atoms in total. The first-order valence-electron chi connectivity index (χ1n) is 6.63. The van der Waals surface area contributed by atoms with Crippen molar-refractivity contribution in [1.82, 2.24) is 9.97 Å². The number of nitrogens with zero attached hydrogens (tertiary/aromatic N) is 2. The molecule has 1 aromatic heterocycles. The van der Waals surface area contributed by atoms with Gasteiger partial charge in [0.05, 0.1) is 24.8 Å². The second kappa shape index (κ2) is 5.71. The number of hydrogen-bond acceptors (Lipinski definition) is 5. The minimum Gasteiger partial charge on any atom is -0.497 e. The van der Waals surface area contributed by atoms with E-state index in [2.05, 4.69) is 11.1 Å². The molecule has 0 bridgehead atoms. The minimum absolute atomic E-state index is 0.578. The lowest BCUT2D eigenvalue weighted by molar-refractivity contribution is 0.325. The summed E-state index contributed by atoms with van der Waals surface area (Å²) < 4.78 is 10.9. The molecule has 1 aliphatic heterocycles. The highest BCUT2D eigenvalue weighted by Gasteiger charge is 2.17. The van der Waals surface area contributed by atoms with E-state index in [1.54, 1.807) is 18.9 Å². The second-order valence-electron chi connectivity index (χ2n) is 4.37. The van der Waals surface area contributed by atoms with Gasteiger partial charge in [0.1, 0.15) is 11.4 Å². The molecule has 0 aliphatic carbocycles. The maximum absolute atomic E-state index is 5.66. The van der Waals surface area contributed by atoms with Crippen LogP contribution in [0.5, 0.6) is 11.6 Å². The highest BCUT2D eigenvalue weighted by atomic mass is 32.2. The van der Waals surface area contributed by atoms with Gasteiger partial charge in [0.25, 0.3) is 0 Å². The van der Waals surface area contributed by atoms with Crippen molar-refractivity contribution < 1.29 is 9.47 Å². The van der Waals surface area contributed by atoms with E-state index in [0.29, 0.717) is 12.5 Å². The molecule has 0 atom stereocenters. The Kier molecular flexibility index (Phi) is 3.78. The summed E-state index contributed by atoms with van der Waals surface area (Å²) in [6, 6.07) is 5.71. The lowest BCUT2D eigenvalue weighted by atomic mass is 10.2. The Labute approximate surface area is 122 Å². The molecule has 0 saturated carbocycles. The van der Waals surface area contributed by atoms with Gasteiger partial charge in [-0.3, -0.25) is 0 Å². The van der Waals surface area contributed by atoms with Gasteiger partial charge < -0.3 is 9.47 Å². The number of rotatable bonds is 4. The Morgan fingerprint density at radius 3 is 2.85 bits per heavy atom. The topological polar surface area (TPSA) is 44.2 Å². The molecule has 5 heteroatoms. The van der Waals surface area contributed by atoms with Crippen molar-refractivity contribution in [3.05, 3.63) is 30.0 Å². The van der Waals surface area contributed by atoms with E-state index in [1.165, 1.54) is 4.91 Å². The molecule has 0 fully saturated rings. The smallest absolute Gasteiger partial charge is 0.241 e. The molecule has 2 aromatic rings. The Hall–Kier alpha value is -1.75. The van der Waals surface area contributed by atoms with Gasteiger partial charge in [-0.05, 0) is 25.5 Å². The van der Waals surface area contributed by atoms with Gasteiger partial charge in [-0.2, -0.15) is 0 Å². The van der Waals surface area contributed by atoms with Crippen molar-refractivity contribution in [3.63, 3.8) is 0 Å². The maximum atomic E-state index is 5.66. The van der Waals surface area contributed by atoms with Gasteiger partial charge in [0.15, 0.2) is 0 Å². The van der Waals surface area contributed by atoms with Crippen molar-refractivity contribution >= 4 is 27.7 Å². The van der Waals surface area contributed by atoms with Gasteiger partial charge in [0.2, 0.25) is 5.88 Å². The van der Waals surface area contributed by atoms with Crippen molar-refractivity contribution in [1.29, 1.82) is 0 Å². The molecule has 104 valence electrons. The zero-order chi connectivity index (χ0) is 13.9. The molecule has 1 aromatic carbocycles. The van der Waals surface area contributed by atoms with Crippen LogP contribution >= 0.6 is 11.8 Å². The van der Waals surface area contributed by atoms with E-state index in [4.69, 9.17) is 14.5 Å². The predicted molar refractivity (Wildman–Crippen MR) is 82.3 cm³/mol. The third-order valence-corrected chi connectivity index (χ3v) is 4.17. The van der Waals surface area contributed by atoms with E-state index >= 15 is 0 Å². The summed E-state index contributed by atoms with van der Waals surface area (Å²) in [5.41, 5.74) is 2.50. The maximum Gasteiger partial charge on any atom is 0.241 e. The molecule has 0 N–H and O–H groups in total. The number of hydrogen-bond donors (Lipinski definition) is 0. The van der Waals surface area contributed by atoms with Gasteiger partial charge in [0, 0.05) is 16.7 Å². The standard InChI is InChI=1S/C15H16N2O2S/c1-3-19-15-14(13-5-4-8-20-13)16-11-7-6-10(18-2)9-12(11)17-15/h5-7,9H,3-4,8H2,1-2H3. The summed E-state index contributed by atoms with van der Waals surface area (Å²) in [6.45, 7) is 2.53. The molecular weight excluding hydrogens is 272 g/mol. The number of ether oxygens (including phenoxy) is 2. The van der Waals surface area contributed by atoms with Crippen molar-refractivity contribution in [2.75, 3.05) is 19.5 Å². The molecule has 20 heavy (non-hydrogen) atoms. The van der Waals surface area contributed by atoms with E-state index in [1.807, 2.05) is 25.1 Å². The van der Waals surface area contributed by atoms with Crippen LogP contribution in [0.25, 0.3) is 15.9 Å². The van der Waals surface area contributed by atoms with Gasteiger partial charge in [-0.15, -0.1) is 11.8 Å². The highest BCUT2D eigenvalue weighted by molar-refractivity contribution is 8.08. The normalized spacial score (nSPS) is 14.4. The molecule has 0 amide bonds. The summed E-state index contributed by atoms with van der Waals surface area (Å²) in [5.74, 6) is 2.48. The Bertz CT molecular complexity index is 670. The Morgan fingerprint density at radius 2 is 2.15 bits per heavy atom. The van der Waals surface area contributed by atoms with Crippen LogP contribution in [0.2, 0.25) is 0 Å². The summed E-state index contributed by atoms with van der Waals surface area (Å²) in [4.78, 5) is 10.5. The zero-order valence-electron chi connectivity index (χ0n) is 11.5. The third-order valence-electron chi connectivity index (χ3n) is 3.06. The van der Waals surface area contributed by atoms with Crippen LogP contribution in [-0.2, 0) is 0 Å². The Balaban J connectivity index is 2.15. The number of methoxy groups -OCH3 is 1. The average molecular weight is 288 g/mol. The van der Waals surface area contributed by atoms with Crippen molar-refractivity contribution in [2.24, 2.45) is 0 Å². The van der Waals surface area contributed by atoms with Crippen LogP contribution in [0.15, 0.2) is 24.3 Å². The second-order valence-corrected chi connectivity index (χ2v) is 5.51. The quantitative estimate of drug-likeness (QED) is 0.861. The minimum atomic E-state index is 0.578. The molecule has 1 aliphatic rings. The van der Waals surface area contributed by atoms with E-state index in [-0.39, 0.29) is 0 Å². The lowest BCUT2D eigenvalue weighted by Crippen LogP contribution is -2.01. The summed E-state index contributed by atoms with van der Waals surface area (Å²) in [6.07, 6.45) is 3.28. The predicted octanol–water partition coefficient (Wildman–Crippen LogP) is 3.51. The fourth-order valence-corrected chi connectivity index (χ4v) is 3.09. The first-order valence-corrected chi connectivity index (χ1v) is 7.62. The van der Waals surface area contributed by atoms with Crippen LogP contribution in [0.1, 0.15) is 19.0 Å². The van der Waals surface area contributed by atoms with Gasteiger partial charge in [-0.25, -0.2) is 9.97 Å². The molecule has 2 heterocycles. The van der Waals surface area contributed by atoms with Crippen LogP contribution < -0.4 is 9.47 Å².